The second-order valence-corrected chi connectivity index (χ2v) is 6.98. The van der Waals surface area contributed by atoms with Crippen LogP contribution in [0.4, 0.5) is 0 Å². The summed E-state index contributed by atoms with van der Waals surface area (Å²) >= 11 is 0. The van der Waals surface area contributed by atoms with Gasteiger partial charge in [0.15, 0.2) is 0 Å². The van der Waals surface area contributed by atoms with E-state index in [0.29, 0.717) is 11.3 Å². The maximum Gasteiger partial charge on any atom is 0.347 e. The highest BCUT2D eigenvalue weighted by molar-refractivity contribution is 6.30. The number of ether oxygens (including phenoxy) is 1. The summed E-state index contributed by atoms with van der Waals surface area (Å²) in [6, 6.07) is 24.7. The summed E-state index contributed by atoms with van der Waals surface area (Å²) < 4.78 is 7.50. The van der Waals surface area contributed by atoms with Crippen molar-refractivity contribution in [1.82, 2.24) is 4.57 Å². The monoisotopic (exact) mass is 379 g/mol. The van der Waals surface area contributed by atoms with Crippen LogP contribution in [-0.2, 0) is 11.8 Å². The summed E-state index contributed by atoms with van der Waals surface area (Å²) in [6.45, 7) is 0. The Labute approximate surface area is 167 Å². The Balaban J connectivity index is 1.78. The highest BCUT2D eigenvalue weighted by Crippen LogP contribution is 2.36. The van der Waals surface area contributed by atoms with Gasteiger partial charge in [-0.2, -0.15) is 0 Å². The van der Waals surface area contributed by atoms with Gasteiger partial charge in [0.1, 0.15) is 11.3 Å². The highest BCUT2D eigenvalue weighted by Gasteiger charge is 2.31. The minimum atomic E-state index is -0.624. The highest BCUT2D eigenvalue weighted by atomic mass is 16.5. The van der Waals surface area contributed by atoms with Crippen molar-refractivity contribution in [3.8, 4) is 17.0 Å². The Morgan fingerprint density at radius 1 is 0.828 bits per heavy atom. The Bertz CT molecular complexity index is 1310. The first kappa shape index (κ1) is 17.2. The molecule has 0 radical (unpaired) electrons. The van der Waals surface area contributed by atoms with Crippen LogP contribution in [0, 0.1) is 0 Å². The molecule has 1 aromatic heterocycles. The first-order chi connectivity index (χ1) is 14.1. The number of para-hydroxylation sites is 2. The maximum absolute atomic E-state index is 13.0. The quantitative estimate of drug-likeness (QED) is 0.212. The number of Topliss-reactive ketones (excluding diaryl/α,β-unsaturated/α-hetero) is 1. The van der Waals surface area contributed by atoms with E-state index in [-0.39, 0.29) is 11.4 Å². The Morgan fingerprint density at radius 2 is 1.52 bits per heavy atom. The summed E-state index contributed by atoms with van der Waals surface area (Å²) in [7, 11) is 1.99. The lowest BCUT2D eigenvalue weighted by molar-refractivity contribution is -0.130. The summed E-state index contributed by atoms with van der Waals surface area (Å²) in [5.41, 5.74) is 4.25. The lowest BCUT2D eigenvalue weighted by atomic mass is 9.96. The van der Waals surface area contributed by atoms with Gasteiger partial charge in [0.2, 0.25) is 5.78 Å². The van der Waals surface area contributed by atoms with E-state index in [9.17, 15) is 9.59 Å². The van der Waals surface area contributed by atoms with Gasteiger partial charge in [-0.15, -0.1) is 0 Å². The van der Waals surface area contributed by atoms with Gasteiger partial charge >= 0.3 is 5.97 Å². The number of nitrogens with zero attached hydrogens (tertiary/aromatic N) is 1. The molecule has 2 heterocycles. The summed E-state index contributed by atoms with van der Waals surface area (Å²) in [6.07, 6.45) is 1.67. The van der Waals surface area contributed by atoms with E-state index in [1.165, 1.54) is 0 Å². The third kappa shape index (κ3) is 2.69. The Kier molecular flexibility index (Phi) is 3.91. The van der Waals surface area contributed by atoms with Gasteiger partial charge < -0.3 is 9.30 Å². The first-order valence-electron chi connectivity index (χ1n) is 9.35. The molecule has 1 aliphatic heterocycles. The molecule has 0 amide bonds. The molecule has 4 heteroatoms. The van der Waals surface area contributed by atoms with E-state index in [2.05, 4.69) is 4.57 Å². The second-order valence-electron chi connectivity index (χ2n) is 6.98. The van der Waals surface area contributed by atoms with Crippen LogP contribution in [0.5, 0.6) is 5.75 Å². The Morgan fingerprint density at radius 3 is 2.34 bits per heavy atom. The van der Waals surface area contributed by atoms with Gasteiger partial charge in [-0.25, -0.2) is 4.79 Å². The van der Waals surface area contributed by atoms with Crippen LogP contribution >= 0.6 is 0 Å². The number of fused-ring (bicyclic) bond motifs is 2. The van der Waals surface area contributed by atoms with E-state index in [1.807, 2.05) is 61.6 Å². The number of hydrogen-bond donors (Lipinski definition) is 0. The van der Waals surface area contributed by atoms with Crippen LogP contribution in [0.25, 0.3) is 28.2 Å². The number of aryl methyl sites for hydroxylation is 1. The molecule has 4 aromatic rings. The fraction of sp³-hybridized carbons (Fsp3) is 0.0400. The molecule has 3 aromatic carbocycles. The SMILES string of the molecule is Cn1c(-c2ccccc2)c(C=C2C(=O)Oc3ccccc3C2=O)c2ccccc21. The largest absolute Gasteiger partial charge is 0.422 e. The van der Waals surface area contributed by atoms with Gasteiger partial charge in [0, 0.05) is 23.5 Å². The molecule has 0 atom stereocenters. The molecule has 0 bridgehead atoms. The lowest BCUT2D eigenvalue weighted by Crippen LogP contribution is -2.25. The van der Waals surface area contributed by atoms with Crippen LogP contribution in [0.2, 0.25) is 0 Å². The number of esters is 1. The van der Waals surface area contributed by atoms with Crippen LogP contribution in [0.1, 0.15) is 15.9 Å². The van der Waals surface area contributed by atoms with Crippen molar-refractivity contribution in [1.29, 1.82) is 0 Å². The van der Waals surface area contributed by atoms with Crippen molar-refractivity contribution in [3.05, 3.63) is 95.6 Å². The third-order valence-electron chi connectivity index (χ3n) is 5.28. The normalized spacial score (nSPS) is 14.9. The van der Waals surface area contributed by atoms with Crippen LogP contribution in [-0.4, -0.2) is 16.3 Å². The predicted octanol–water partition coefficient (Wildman–Crippen LogP) is 5.03. The lowest BCUT2D eigenvalue weighted by Gasteiger charge is -2.16. The Hall–Kier alpha value is -3.92. The molecule has 0 saturated carbocycles. The van der Waals surface area contributed by atoms with Crippen molar-refractivity contribution < 1.29 is 14.3 Å². The zero-order valence-corrected chi connectivity index (χ0v) is 15.8. The molecule has 140 valence electrons. The van der Waals surface area contributed by atoms with E-state index in [4.69, 9.17) is 4.74 Å². The topological polar surface area (TPSA) is 48.3 Å². The smallest absolute Gasteiger partial charge is 0.347 e. The van der Waals surface area contributed by atoms with Gasteiger partial charge in [-0.3, -0.25) is 4.79 Å². The van der Waals surface area contributed by atoms with Crippen molar-refractivity contribution in [2.45, 2.75) is 0 Å². The zero-order valence-electron chi connectivity index (χ0n) is 15.8. The van der Waals surface area contributed by atoms with Crippen LogP contribution in [0.15, 0.2) is 84.4 Å². The van der Waals surface area contributed by atoms with Crippen LogP contribution in [0.3, 0.4) is 0 Å². The molecule has 0 saturated heterocycles. The second kappa shape index (κ2) is 6.60. The van der Waals surface area contributed by atoms with Gasteiger partial charge in [-0.1, -0.05) is 60.7 Å². The molecule has 4 nitrogen and oxygen atoms in total. The molecular formula is C25H17NO3. The standard InChI is InChI=1S/C25H17NO3/c1-26-21-13-7-5-11-17(21)19(23(26)16-9-3-2-4-10-16)15-20-24(27)18-12-6-8-14-22(18)29-25(20)28/h2-15H,1H3. The summed E-state index contributed by atoms with van der Waals surface area (Å²) in [5.74, 6) is -0.634. The number of hydrogen-bond acceptors (Lipinski definition) is 3. The third-order valence-corrected chi connectivity index (χ3v) is 5.28. The minimum absolute atomic E-state index is 0.0391. The minimum Gasteiger partial charge on any atom is -0.422 e. The number of ketones is 1. The van der Waals surface area contributed by atoms with Crippen molar-refractivity contribution in [2.75, 3.05) is 0 Å². The number of rotatable bonds is 2. The van der Waals surface area contributed by atoms with E-state index in [1.54, 1.807) is 30.3 Å². The van der Waals surface area contributed by atoms with Crippen LogP contribution < -0.4 is 4.74 Å². The van der Waals surface area contributed by atoms with E-state index >= 15 is 0 Å². The fourth-order valence-electron chi connectivity index (χ4n) is 3.92. The molecule has 5 rings (SSSR count). The van der Waals surface area contributed by atoms with Gasteiger partial charge in [0.05, 0.1) is 11.3 Å². The fourth-order valence-corrected chi connectivity index (χ4v) is 3.92. The molecular weight excluding hydrogens is 362 g/mol. The molecule has 29 heavy (non-hydrogen) atoms. The molecule has 1 aliphatic rings. The summed E-state index contributed by atoms with van der Waals surface area (Å²) in [4.78, 5) is 25.7. The van der Waals surface area contributed by atoms with Crippen molar-refractivity contribution in [3.63, 3.8) is 0 Å². The average Bonchev–Trinajstić information content (AvgIpc) is 3.03. The maximum atomic E-state index is 13.0. The summed E-state index contributed by atoms with van der Waals surface area (Å²) in [5, 5.41) is 0.973. The molecule has 0 N–H and O–H groups in total. The van der Waals surface area contributed by atoms with Crippen molar-refractivity contribution >= 4 is 28.7 Å². The number of benzene rings is 3. The molecule has 0 spiro atoms. The predicted molar refractivity (Wildman–Crippen MR) is 113 cm³/mol. The van der Waals surface area contributed by atoms with E-state index < -0.39 is 5.97 Å². The number of carbonyl (C=O) groups excluding carboxylic acids is 2. The zero-order chi connectivity index (χ0) is 20.0. The number of aromatic nitrogens is 1. The van der Waals surface area contributed by atoms with E-state index in [0.717, 1.165) is 27.7 Å². The van der Waals surface area contributed by atoms with Gasteiger partial charge in [-0.05, 0) is 29.8 Å². The van der Waals surface area contributed by atoms with Crippen molar-refractivity contribution in [2.24, 2.45) is 7.05 Å². The molecule has 0 fully saturated rings. The average molecular weight is 379 g/mol. The molecule has 0 aliphatic carbocycles. The van der Waals surface area contributed by atoms with Gasteiger partial charge in [0.25, 0.3) is 0 Å². The first-order valence-corrected chi connectivity index (χ1v) is 9.35. The molecule has 0 unspecified atom stereocenters. The number of carbonyl (C=O) groups is 2.